The number of piperidine rings is 1. The van der Waals surface area contributed by atoms with Crippen molar-refractivity contribution in [2.75, 3.05) is 40.4 Å². The first-order chi connectivity index (χ1) is 19.2. The Bertz CT molecular complexity index is 1060. The van der Waals surface area contributed by atoms with E-state index in [0.29, 0.717) is 37.8 Å². The summed E-state index contributed by atoms with van der Waals surface area (Å²) in [5.74, 6) is 1.77. The summed E-state index contributed by atoms with van der Waals surface area (Å²) in [6.07, 6.45) is 4.84. The summed E-state index contributed by atoms with van der Waals surface area (Å²) < 4.78 is 11.7. The predicted molar refractivity (Wildman–Crippen MR) is 162 cm³/mol. The molecule has 0 saturated carbocycles. The third-order valence-corrected chi connectivity index (χ3v) is 7.92. The molecule has 222 valence electrons. The highest BCUT2D eigenvalue weighted by Gasteiger charge is 2.43. The molecule has 2 aromatic rings. The van der Waals surface area contributed by atoms with Crippen LogP contribution in [-0.4, -0.2) is 62.5 Å². The van der Waals surface area contributed by atoms with Gasteiger partial charge in [0.05, 0.1) is 5.60 Å². The fraction of sp³-hybridized carbons (Fsp3) is 0.606. The Morgan fingerprint density at radius 3 is 2.52 bits per heavy atom. The lowest BCUT2D eigenvalue weighted by Crippen LogP contribution is -2.54. The minimum absolute atomic E-state index is 0.0484. The molecule has 40 heavy (non-hydrogen) atoms. The van der Waals surface area contributed by atoms with Crippen molar-refractivity contribution in [3.63, 3.8) is 0 Å². The van der Waals surface area contributed by atoms with Crippen molar-refractivity contribution in [3.8, 4) is 11.5 Å². The maximum atomic E-state index is 13.4. The molecule has 2 aromatic carbocycles. The summed E-state index contributed by atoms with van der Waals surface area (Å²) in [4.78, 5) is 15.3. The highest BCUT2D eigenvalue weighted by molar-refractivity contribution is 5.74. The lowest BCUT2D eigenvalue weighted by Gasteiger charge is -2.43. The van der Waals surface area contributed by atoms with Crippen molar-refractivity contribution in [2.45, 2.75) is 77.9 Å². The fourth-order valence-electron chi connectivity index (χ4n) is 5.83. The molecule has 3 atom stereocenters. The number of unbranched alkanes of at least 4 members (excludes halogenated alkanes) is 1. The van der Waals surface area contributed by atoms with Gasteiger partial charge in [-0.25, -0.2) is 4.79 Å². The van der Waals surface area contributed by atoms with Gasteiger partial charge in [-0.05, 0) is 89.6 Å². The largest absolute Gasteiger partial charge is 0.457 e. The summed E-state index contributed by atoms with van der Waals surface area (Å²) in [5, 5.41) is 19.1. The second-order valence-electron chi connectivity index (χ2n) is 11.9. The second kappa shape index (κ2) is 15.4. The Morgan fingerprint density at radius 2 is 1.85 bits per heavy atom. The third kappa shape index (κ3) is 8.95. The van der Waals surface area contributed by atoms with Crippen LogP contribution in [0.1, 0.15) is 69.1 Å². The molecule has 2 amide bonds. The molecule has 1 aliphatic rings. The lowest BCUT2D eigenvalue weighted by molar-refractivity contribution is -0.0575. The summed E-state index contributed by atoms with van der Waals surface area (Å²) >= 11 is 0. The third-order valence-electron chi connectivity index (χ3n) is 7.92. The number of rotatable bonds is 14. The Morgan fingerprint density at radius 1 is 1.12 bits per heavy atom. The smallest absolute Gasteiger partial charge is 0.317 e. The molecule has 3 N–H and O–H groups in total. The van der Waals surface area contributed by atoms with E-state index in [0.717, 1.165) is 61.1 Å². The van der Waals surface area contributed by atoms with Gasteiger partial charge >= 0.3 is 6.03 Å². The molecule has 1 fully saturated rings. The first kappa shape index (κ1) is 31.9. The number of urea groups is 1. The molecule has 3 rings (SSSR count). The molecule has 1 saturated heterocycles. The predicted octanol–water partition coefficient (Wildman–Crippen LogP) is 6.16. The molecule has 1 heterocycles. The van der Waals surface area contributed by atoms with E-state index < -0.39 is 5.60 Å². The zero-order valence-electron chi connectivity index (χ0n) is 25.5. The number of nitrogens with one attached hydrogen (secondary N) is 2. The van der Waals surface area contributed by atoms with Crippen molar-refractivity contribution in [2.24, 2.45) is 11.8 Å². The van der Waals surface area contributed by atoms with Crippen LogP contribution in [0.3, 0.4) is 0 Å². The van der Waals surface area contributed by atoms with E-state index in [2.05, 4.69) is 37.5 Å². The summed E-state index contributed by atoms with van der Waals surface area (Å²) in [6, 6.07) is 14.0. The van der Waals surface area contributed by atoms with Crippen LogP contribution in [-0.2, 0) is 10.3 Å². The fourth-order valence-corrected chi connectivity index (χ4v) is 5.83. The number of aliphatic hydroxyl groups is 1. The van der Waals surface area contributed by atoms with E-state index >= 15 is 0 Å². The second-order valence-corrected chi connectivity index (χ2v) is 11.9. The SMILES string of the molecule is CNCC(CC(C)C)NC(=O)N1CCCC(C(O)(CCCCOC)c2cc(C)ccc2Oc2ccc(C)cc2)C1. The Hall–Kier alpha value is -2.61. The van der Waals surface area contributed by atoms with Crippen molar-refractivity contribution >= 4 is 6.03 Å². The molecule has 3 unspecified atom stereocenters. The lowest BCUT2D eigenvalue weighted by atomic mass is 9.73. The quantitative estimate of drug-likeness (QED) is 0.244. The molecular formula is C33H51N3O4. The maximum Gasteiger partial charge on any atom is 0.317 e. The molecule has 0 radical (unpaired) electrons. The number of hydrogen-bond donors (Lipinski definition) is 3. The van der Waals surface area contributed by atoms with E-state index in [9.17, 15) is 9.90 Å². The van der Waals surface area contributed by atoms with Crippen molar-refractivity contribution in [3.05, 3.63) is 59.2 Å². The first-order valence-electron chi connectivity index (χ1n) is 14.9. The number of methoxy groups -OCH3 is 1. The number of likely N-dealkylation sites (N-methyl/N-ethyl adjacent to an activating group) is 1. The van der Waals surface area contributed by atoms with Crippen LogP contribution < -0.4 is 15.4 Å². The van der Waals surface area contributed by atoms with Gasteiger partial charge in [-0.1, -0.05) is 43.2 Å². The summed E-state index contributed by atoms with van der Waals surface area (Å²) in [6.45, 7) is 11.0. The molecule has 0 aromatic heterocycles. The van der Waals surface area contributed by atoms with Gasteiger partial charge in [0.25, 0.3) is 0 Å². The topological polar surface area (TPSA) is 83.1 Å². The number of aryl methyl sites for hydroxylation is 2. The van der Waals surface area contributed by atoms with Crippen LogP contribution in [0, 0.1) is 25.7 Å². The maximum absolute atomic E-state index is 13.4. The molecule has 0 spiro atoms. The van der Waals surface area contributed by atoms with E-state index in [4.69, 9.17) is 9.47 Å². The van der Waals surface area contributed by atoms with Gasteiger partial charge in [-0.2, -0.15) is 0 Å². The average molecular weight is 554 g/mol. The first-order valence-corrected chi connectivity index (χ1v) is 14.9. The number of carbonyl (C=O) groups excluding carboxylic acids is 1. The molecule has 0 bridgehead atoms. The summed E-state index contributed by atoms with van der Waals surface area (Å²) in [7, 11) is 3.62. The molecule has 7 heteroatoms. The van der Waals surface area contributed by atoms with Crippen LogP contribution in [0.5, 0.6) is 11.5 Å². The minimum atomic E-state index is -1.15. The Balaban J connectivity index is 1.90. The van der Waals surface area contributed by atoms with Crippen LogP contribution in [0.15, 0.2) is 42.5 Å². The van der Waals surface area contributed by atoms with Gasteiger partial charge < -0.3 is 30.1 Å². The van der Waals surface area contributed by atoms with E-state index in [1.165, 1.54) is 0 Å². The average Bonchev–Trinajstić information content (AvgIpc) is 2.93. The van der Waals surface area contributed by atoms with Crippen LogP contribution >= 0.6 is 0 Å². The monoisotopic (exact) mass is 553 g/mol. The molecular weight excluding hydrogens is 502 g/mol. The molecule has 1 aliphatic heterocycles. The van der Waals surface area contributed by atoms with Crippen LogP contribution in [0.4, 0.5) is 4.79 Å². The van der Waals surface area contributed by atoms with Gasteiger partial charge in [0.2, 0.25) is 0 Å². The van der Waals surface area contributed by atoms with Gasteiger partial charge in [-0.3, -0.25) is 0 Å². The van der Waals surface area contributed by atoms with Gasteiger partial charge in [0, 0.05) is 50.9 Å². The van der Waals surface area contributed by atoms with Crippen molar-refractivity contribution in [1.29, 1.82) is 0 Å². The number of hydrogen-bond acceptors (Lipinski definition) is 5. The van der Waals surface area contributed by atoms with Gasteiger partial charge in [-0.15, -0.1) is 0 Å². The molecule has 7 nitrogen and oxygen atoms in total. The zero-order chi connectivity index (χ0) is 29.1. The van der Waals surface area contributed by atoms with Gasteiger partial charge in [0.1, 0.15) is 11.5 Å². The minimum Gasteiger partial charge on any atom is -0.457 e. The van der Waals surface area contributed by atoms with E-state index in [-0.39, 0.29) is 18.0 Å². The van der Waals surface area contributed by atoms with Gasteiger partial charge in [0.15, 0.2) is 0 Å². The normalized spacial score (nSPS) is 17.9. The number of ether oxygens (including phenoxy) is 2. The Kier molecular flexibility index (Phi) is 12.3. The van der Waals surface area contributed by atoms with Crippen LogP contribution in [0.2, 0.25) is 0 Å². The van der Waals surface area contributed by atoms with E-state index in [1.54, 1.807) is 7.11 Å². The molecule has 0 aliphatic carbocycles. The highest BCUT2D eigenvalue weighted by Crippen LogP contribution is 2.44. The number of carbonyl (C=O) groups is 1. The number of likely N-dealkylation sites (tertiary alicyclic amines) is 1. The van der Waals surface area contributed by atoms with E-state index in [1.807, 2.05) is 55.3 Å². The standard InChI is InChI=1S/C33H51N3O4/c1-24(2)20-28(22-34-5)35-32(37)36-18-9-10-27(23-36)33(38,17-7-8-19-39-6)30-21-26(4)13-16-31(30)40-29-14-11-25(3)12-15-29/h11-16,21,24,27-28,34,38H,7-10,17-20,22-23H2,1-6H3,(H,35,37). The Labute approximate surface area is 241 Å². The number of amides is 2. The van der Waals surface area contributed by atoms with Crippen molar-refractivity contribution < 1.29 is 19.4 Å². The number of benzene rings is 2. The zero-order valence-corrected chi connectivity index (χ0v) is 25.5. The highest BCUT2D eigenvalue weighted by atomic mass is 16.5. The summed E-state index contributed by atoms with van der Waals surface area (Å²) in [5.41, 5.74) is 1.87. The number of nitrogens with zero attached hydrogens (tertiary/aromatic N) is 1. The van der Waals surface area contributed by atoms with Crippen LogP contribution in [0.25, 0.3) is 0 Å². The van der Waals surface area contributed by atoms with Crippen molar-refractivity contribution in [1.82, 2.24) is 15.5 Å².